The van der Waals surface area contributed by atoms with Gasteiger partial charge in [-0.3, -0.25) is 4.79 Å². The number of hydrogen-bond donors (Lipinski definition) is 2. The number of methoxy groups -OCH3 is 1. The van der Waals surface area contributed by atoms with Crippen molar-refractivity contribution in [3.8, 4) is 11.5 Å². The number of carbonyl (C=O) groups is 1. The fourth-order valence-electron chi connectivity index (χ4n) is 2.07. The zero-order chi connectivity index (χ0) is 15.9. The molecule has 0 radical (unpaired) electrons. The van der Waals surface area contributed by atoms with E-state index in [1.54, 1.807) is 25.3 Å². The Morgan fingerprint density at radius 3 is 2.50 bits per heavy atom. The van der Waals surface area contributed by atoms with E-state index in [2.05, 4.69) is 5.32 Å². The van der Waals surface area contributed by atoms with Gasteiger partial charge in [-0.15, -0.1) is 0 Å². The Hall–Kier alpha value is -2.69. The quantitative estimate of drug-likeness (QED) is 0.805. The highest BCUT2D eigenvalue weighted by molar-refractivity contribution is 5.92. The average Bonchev–Trinajstić information content (AvgIpc) is 2.50. The Kier molecular flexibility index (Phi) is 5.25. The van der Waals surface area contributed by atoms with Gasteiger partial charge in [-0.25, -0.2) is 0 Å². The third-order valence-corrected chi connectivity index (χ3v) is 3.11. The molecule has 1 amide bonds. The standard InChI is InChI=1S/C17H20N2O3/c1-3-22-14-7-4-12(5-8-14)10-17(20)19-13-6-9-16(21-2)15(18)11-13/h4-9,11H,3,10,18H2,1-2H3,(H,19,20). The second-order valence-electron chi connectivity index (χ2n) is 4.76. The molecule has 0 aliphatic heterocycles. The minimum absolute atomic E-state index is 0.103. The third kappa shape index (κ3) is 4.15. The molecule has 0 fully saturated rings. The van der Waals surface area contributed by atoms with Gasteiger partial charge in [-0.1, -0.05) is 12.1 Å². The van der Waals surface area contributed by atoms with Crippen LogP contribution in [0.4, 0.5) is 11.4 Å². The van der Waals surface area contributed by atoms with Crippen LogP contribution in [-0.2, 0) is 11.2 Å². The lowest BCUT2D eigenvalue weighted by molar-refractivity contribution is -0.115. The first-order valence-corrected chi connectivity index (χ1v) is 7.07. The fraction of sp³-hybridized carbons (Fsp3) is 0.235. The molecule has 5 nitrogen and oxygen atoms in total. The molecule has 0 aliphatic rings. The van der Waals surface area contributed by atoms with E-state index >= 15 is 0 Å². The Balaban J connectivity index is 1.96. The summed E-state index contributed by atoms with van der Waals surface area (Å²) in [6.45, 7) is 2.56. The number of benzene rings is 2. The predicted octanol–water partition coefficient (Wildman–Crippen LogP) is 2.86. The number of anilines is 2. The number of nitrogens with two attached hydrogens (primary N) is 1. The van der Waals surface area contributed by atoms with Crippen LogP contribution in [0.25, 0.3) is 0 Å². The molecule has 0 heterocycles. The lowest BCUT2D eigenvalue weighted by atomic mass is 10.1. The number of amides is 1. The predicted molar refractivity (Wildman–Crippen MR) is 87.4 cm³/mol. The molecule has 3 N–H and O–H groups in total. The maximum absolute atomic E-state index is 12.0. The second kappa shape index (κ2) is 7.36. The Labute approximate surface area is 130 Å². The summed E-state index contributed by atoms with van der Waals surface area (Å²) in [5.74, 6) is 1.29. The molecule has 22 heavy (non-hydrogen) atoms. The molecule has 0 aliphatic carbocycles. The van der Waals surface area contributed by atoms with Crippen molar-refractivity contribution in [3.63, 3.8) is 0 Å². The number of hydrogen-bond acceptors (Lipinski definition) is 4. The summed E-state index contributed by atoms with van der Waals surface area (Å²) in [6.07, 6.45) is 0.290. The SMILES string of the molecule is CCOc1ccc(CC(=O)Nc2ccc(OC)c(N)c2)cc1. The van der Waals surface area contributed by atoms with E-state index in [0.717, 1.165) is 11.3 Å². The number of nitrogens with one attached hydrogen (secondary N) is 1. The molecule has 0 spiro atoms. The van der Waals surface area contributed by atoms with Crippen molar-refractivity contribution in [1.29, 1.82) is 0 Å². The summed E-state index contributed by atoms with van der Waals surface area (Å²) in [4.78, 5) is 12.0. The molecule has 2 aromatic rings. The van der Waals surface area contributed by atoms with Crippen molar-refractivity contribution in [2.45, 2.75) is 13.3 Å². The van der Waals surface area contributed by atoms with Gasteiger partial charge in [-0.2, -0.15) is 0 Å². The topological polar surface area (TPSA) is 73.6 Å². The fourth-order valence-corrected chi connectivity index (χ4v) is 2.07. The summed E-state index contributed by atoms with van der Waals surface area (Å²) < 4.78 is 10.5. The Morgan fingerprint density at radius 2 is 1.91 bits per heavy atom. The lowest BCUT2D eigenvalue weighted by Crippen LogP contribution is -2.14. The maximum Gasteiger partial charge on any atom is 0.228 e. The number of nitrogen functional groups attached to an aromatic ring is 1. The van der Waals surface area contributed by atoms with E-state index in [-0.39, 0.29) is 5.91 Å². The Morgan fingerprint density at radius 1 is 1.18 bits per heavy atom. The molecule has 0 unspecified atom stereocenters. The van der Waals surface area contributed by atoms with Gasteiger partial charge in [0, 0.05) is 5.69 Å². The normalized spacial score (nSPS) is 10.1. The van der Waals surface area contributed by atoms with E-state index in [4.69, 9.17) is 15.2 Å². The van der Waals surface area contributed by atoms with Gasteiger partial charge in [0.25, 0.3) is 0 Å². The van der Waals surface area contributed by atoms with Gasteiger partial charge in [0.15, 0.2) is 0 Å². The molecule has 5 heteroatoms. The molecular formula is C17H20N2O3. The van der Waals surface area contributed by atoms with E-state index in [9.17, 15) is 4.79 Å². The molecule has 2 aromatic carbocycles. The Bertz CT molecular complexity index is 639. The smallest absolute Gasteiger partial charge is 0.228 e. The molecule has 0 aromatic heterocycles. The first-order chi connectivity index (χ1) is 10.6. The summed E-state index contributed by atoms with van der Waals surface area (Å²) in [6, 6.07) is 12.6. The van der Waals surface area contributed by atoms with Gasteiger partial charge in [0.2, 0.25) is 5.91 Å². The van der Waals surface area contributed by atoms with Crippen molar-refractivity contribution in [1.82, 2.24) is 0 Å². The lowest BCUT2D eigenvalue weighted by Gasteiger charge is -2.09. The van der Waals surface area contributed by atoms with E-state index in [0.29, 0.717) is 30.2 Å². The minimum Gasteiger partial charge on any atom is -0.495 e. The molecule has 0 saturated heterocycles. The molecule has 0 saturated carbocycles. The number of rotatable bonds is 6. The summed E-state index contributed by atoms with van der Waals surface area (Å²) in [5, 5.41) is 2.82. The van der Waals surface area contributed by atoms with Crippen LogP contribution in [0.1, 0.15) is 12.5 Å². The average molecular weight is 300 g/mol. The van der Waals surface area contributed by atoms with Crippen LogP contribution in [0.15, 0.2) is 42.5 Å². The van der Waals surface area contributed by atoms with Crippen LogP contribution in [0, 0.1) is 0 Å². The molecule has 0 bridgehead atoms. The molecule has 2 rings (SSSR count). The zero-order valence-electron chi connectivity index (χ0n) is 12.8. The zero-order valence-corrected chi connectivity index (χ0v) is 12.8. The van der Waals surface area contributed by atoms with Crippen LogP contribution in [0.3, 0.4) is 0 Å². The van der Waals surface area contributed by atoms with E-state index < -0.39 is 0 Å². The van der Waals surface area contributed by atoms with E-state index in [1.165, 1.54) is 0 Å². The van der Waals surface area contributed by atoms with Crippen molar-refractivity contribution in [2.24, 2.45) is 0 Å². The first-order valence-electron chi connectivity index (χ1n) is 7.07. The highest BCUT2D eigenvalue weighted by Crippen LogP contribution is 2.24. The molecule has 0 atom stereocenters. The van der Waals surface area contributed by atoms with Gasteiger partial charge in [-0.05, 0) is 42.8 Å². The van der Waals surface area contributed by atoms with Crippen LogP contribution in [-0.4, -0.2) is 19.6 Å². The van der Waals surface area contributed by atoms with Gasteiger partial charge in [0.1, 0.15) is 11.5 Å². The highest BCUT2D eigenvalue weighted by atomic mass is 16.5. The van der Waals surface area contributed by atoms with Gasteiger partial charge in [0.05, 0.1) is 25.8 Å². The molecule has 116 valence electrons. The first kappa shape index (κ1) is 15.7. The maximum atomic E-state index is 12.0. The van der Waals surface area contributed by atoms with Crippen molar-refractivity contribution < 1.29 is 14.3 Å². The van der Waals surface area contributed by atoms with Crippen LogP contribution in [0.5, 0.6) is 11.5 Å². The van der Waals surface area contributed by atoms with Crippen LogP contribution in [0.2, 0.25) is 0 Å². The van der Waals surface area contributed by atoms with Gasteiger partial charge >= 0.3 is 0 Å². The number of carbonyl (C=O) groups excluding carboxylic acids is 1. The van der Waals surface area contributed by atoms with Crippen LogP contribution >= 0.6 is 0 Å². The molecular weight excluding hydrogens is 280 g/mol. The highest BCUT2D eigenvalue weighted by Gasteiger charge is 2.06. The summed E-state index contributed by atoms with van der Waals surface area (Å²) in [5.41, 5.74) is 7.87. The van der Waals surface area contributed by atoms with Gasteiger partial charge < -0.3 is 20.5 Å². The van der Waals surface area contributed by atoms with E-state index in [1.807, 2.05) is 31.2 Å². The minimum atomic E-state index is -0.103. The summed E-state index contributed by atoms with van der Waals surface area (Å²) >= 11 is 0. The largest absolute Gasteiger partial charge is 0.495 e. The van der Waals surface area contributed by atoms with Crippen molar-refractivity contribution in [3.05, 3.63) is 48.0 Å². The summed E-state index contributed by atoms with van der Waals surface area (Å²) in [7, 11) is 1.55. The van der Waals surface area contributed by atoms with Crippen LogP contribution < -0.4 is 20.5 Å². The number of ether oxygens (including phenoxy) is 2. The van der Waals surface area contributed by atoms with Crippen molar-refractivity contribution in [2.75, 3.05) is 24.8 Å². The third-order valence-electron chi connectivity index (χ3n) is 3.11. The van der Waals surface area contributed by atoms with Crippen molar-refractivity contribution >= 4 is 17.3 Å². The second-order valence-corrected chi connectivity index (χ2v) is 4.76. The monoisotopic (exact) mass is 300 g/mol.